The fourth-order valence-electron chi connectivity index (χ4n) is 2.88. The number of hydrogen-bond donors (Lipinski definition) is 1. The minimum Gasteiger partial charge on any atom is -0.392 e. The van der Waals surface area contributed by atoms with Gasteiger partial charge in [0.2, 0.25) is 0 Å². The van der Waals surface area contributed by atoms with Crippen LogP contribution in [0, 0.1) is 0 Å². The lowest BCUT2D eigenvalue weighted by Crippen LogP contribution is -2.43. The van der Waals surface area contributed by atoms with Crippen molar-refractivity contribution in [2.75, 3.05) is 24.6 Å². The molecule has 1 saturated carbocycles. The molecule has 1 atom stereocenters. The number of rotatable bonds is 8. The smallest absolute Gasteiger partial charge is 0.151 e. The van der Waals surface area contributed by atoms with Crippen molar-refractivity contribution in [3.8, 4) is 0 Å². The van der Waals surface area contributed by atoms with Crippen molar-refractivity contribution in [2.24, 2.45) is 0 Å². The van der Waals surface area contributed by atoms with Crippen molar-refractivity contribution in [2.45, 2.75) is 64.5 Å². The highest BCUT2D eigenvalue weighted by Crippen LogP contribution is 2.22. The summed E-state index contributed by atoms with van der Waals surface area (Å²) in [4.78, 5) is 2.19. The number of sulfone groups is 1. The van der Waals surface area contributed by atoms with Crippen molar-refractivity contribution in [3.63, 3.8) is 0 Å². The lowest BCUT2D eigenvalue weighted by molar-refractivity contribution is 0.0872. The molecule has 0 saturated heterocycles. The molecular formula is C14H29NO3S. The van der Waals surface area contributed by atoms with Gasteiger partial charge in [-0.15, -0.1) is 0 Å². The highest BCUT2D eigenvalue weighted by Gasteiger charge is 2.23. The van der Waals surface area contributed by atoms with Gasteiger partial charge in [0.25, 0.3) is 0 Å². The molecule has 114 valence electrons. The number of hydrogen-bond acceptors (Lipinski definition) is 4. The second kappa shape index (κ2) is 8.22. The molecule has 1 aliphatic rings. The maximum atomic E-state index is 11.8. The van der Waals surface area contributed by atoms with Crippen LogP contribution in [0.5, 0.6) is 0 Å². The van der Waals surface area contributed by atoms with E-state index in [1.807, 2.05) is 6.92 Å². The Morgan fingerprint density at radius 2 is 1.84 bits per heavy atom. The Morgan fingerprint density at radius 1 is 1.21 bits per heavy atom. The molecule has 0 amide bonds. The van der Waals surface area contributed by atoms with E-state index in [1.165, 1.54) is 19.3 Å². The predicted octanol–water partition coefficient (Wildman–Crippen LogP) is 1.83. The van der Waals surface area contributed by atoms with Gasteiger partial charge in [0.15, 0.2) is 9.84 Å². The van der Waals surface area contributed by atoms with Crippen molar-refractivity contribution in [3.05, 3.63) is 0 Å². The zero-order chi connectivity index (χ0) is 14.3. The Morgan fingerprint density at radius 3 is 2.37 bits per heavy atom. The Bertz CT molecular complexity index is 335. The third-order valence-electron chi connectivity index (χ3n) is 3.79. The molecule has 0 aromatic rings. The van der Waals surface area contributed by atoms with Gasteiger partial charge >= 0.3 is 0 Å². The summed E-state index contributed by atoms with van der Waals surface area (Å²) >= 11 is 0. The molecule has 1 fully saturated rings. The summed E-state index contributed by atoms with van der Waals surface area (Å²) in [5.74, 6) is 0.504. The van der Waals surface area contributed by atoms with Crippen LogP contribution in [0.3, 0.4) is 0 Å². The summed E-state index contributed by atoms with van der Waals surface area (Å²) in [6, 6.07) is 0.458. The first-order valence-electron chi connectivity index (χ1n) is 7.57. The minimum absolute atomic E-state index is 0.226. The van der Waals surface area contributed by atoms with Gasteiger partial charge < -0.3 is 5.11 Å². The summed E-state index contributed by atoms with van der Waals surface area (Å²) in [5.41, 5.74) is 0. The van der Waals surface area contributed by atoms with Crippen LogP contribution in [0.25, 0.3) is 0 Å². The Hall–Kier alpha value is -0.130. The van der Waals surface area contributed by atoms with Gasteiger partial charge in [-0.05, 0) is 26.2 Å². The van der Waals surface area contributed by atoms with Gasteiger partial charge in [0.1, 0.15) is 0 Å². The number of aliphatic hydroxyl groups is 1. The summed E-state index contributed by atoms with van der Waals surface area (Å²) in [7, 11) is -2.92. The van der Waals surface area contributed by atoms with Gasteiger partial charge in [-0.2, -0.15) is 0 Å². The minimum atomic E-state index is -2.92. The van der Waals surface area contributed by atoms with E-state index in [0.717, 1.165) is 12.8 Å². The van der Waals surface area contributed by atoms with Crippen LogP contribution in [0.15, 0.2) is 0 Å². The van der Waals surface area contributed by atoms with Gasteiger partial charge in [-0.1, -0.05) is 26.2 Å². The molecule has 0 aliphatic heterocycles. The molecule has 0 aromatic heterocycles. The van der Waals surface area contributed by atoms with Crippen molar-refractivity contribution in [1.82, 2.24) is 4.90 Å². The highest BCUT2D eigenvalue weighted by atomic mass is 32.2. The fraction of sp³-hybridized carbons (Fsp3) is 1.00. The summed E-state index contributed by atoms with van der Waals surface area (Å²) in [6.07, 6.45) is 6.30. The SMILES string of the molecule is CCCS(=O)(=O)CCN(CC(C)O)C1CCCCC1. The molecule has 0 aromatic carbocycles. The van der Waals surface area contributed by atoms with Crippen molar-refractivity contribution >= 4 is 9.84 Å². The summed E-state index contributed by atoms with van der Waals surface area (Å²) < 4.78 is 23.6. The van der Waals surface area contributed by atoms with E-state index in [4.69, 9.17) is 0 Å². The Balaban J connectivity index is 2.53. The average Bonchev–Trinajstić information content (AvgIpc) is 2.35. The molecule has 1 N–H and O–H groups in total. The molecule has 0 spiro atoms. The van der Waals surface area contributed by atoms with Gasteiger partial charge in [0, 0.05) is 24.9 Å². The van der Waals surface area contributed by atoms with Crippen LogP contribution in [-0.2, 0) is 9.84 Å². The van der Waals surface area contributed by atoms with Crippen LogP contribution in [0.1, 0.15) is 52.4 Å². The maximum absolute atomic E-state index is 11.8. The largest absolute Gasteiger partial charge is 0.392 e. The lowest BCUT2D eigenvalue weighted by atomic mass is 9.94. The first-order chi connectivity index (χ1) is 8.94. The zero-order valence-corrected chi connectivity index (χ0v) is 13.2. The van der Waals surface area contributed by atoms with Crippen molar-refractivity contribution < 1.29 is 13.5 Å². The van der Waals surface area contributed by atoms with E-state index in [0.29, 0.717) is 25.6 Å². The molecule has 1 unspecified atom stereocenters. The van der Waals surface area contributed by atoms with Crippen LogP contribution in [-0.4, -0.2) is 55.2 Å². The lowest BCUT2D eigenvalue weighted by Gasteiger charge is -2.35. The molecule has 19 heavy (non-hydrogen) atoms. The fourth-order valence-corrected chi connectivity index (χ4v) is 4.22. The van der Waals surface area contributed by atoms with E-state index in [1.54, 1.807) is 6.92 Å². The van der Waals surface area contributed by atoms with Crippen LogP contribution in [0.2, 0.25) is 0 Å². The second-order valence-corrected chi connectivity index (χ2v) is 8.09. The zero-order valence-electron chi connectivity index (χ0n) is 12.3. The quantitative estimate of drug-likeness (QED) is 0.741. The second-order valence-electron chi connectivity index (χ2n) is 5.79. The number of aliphatic hydroxyl groups excluding tert-OH is 1. The Labute approximate surface area is 118 Å². The van der Waals surface area contributed by atoms with Crippen LogP contribution >= 0.6 is 0 Å². The Kier molecular flexibility index (Phi) is 7.32. The third kappa shape index (κ3) is 6.72. The summed E-state index contributed by atoms with van der Waals surface area (Å²) in [6.45, 7) is 4.83. The first-order valence-corrected chi connectivity index (χ1v) is 9.39. The van der Waals surface area contributed by atoms with Crippen molar-refractivity contribution in [1.29, 1.82) is 0 Å². The van der Waals surface area contributed by atoms with Gasteiger partial charge in [-0.25, -0.2) is 8.42 Å². The topological polar surface area (TPSA) is 57.6 Å². The molecule has 0 radical (unpaired) electrons. The normalized spacial score (nSPS) is 19.8. The monoisotopic (exact) mass is 291 g/mol. The molecule has 1 rings (SSSR count). The standard InChI is InChI=1S/C14H29NO3S/c1-3-10-19(17,18)11-9-15(12-13(2)16)14-7-5-4-6-8-14/h13-14,16H,3-12H2,1-2H3. The molecular weight excluding hydrogens is 262 g/mol. The van der Waals surface area contributed by atoms with E-state index >= 15 is 0 Å². The molecule has 1 aliphatic carbocycles. The molecule has 4 nitrogen and oxygen atoms in total. The van der Waals surface area contributed by atoms with E-state index in [9.17, 15) is 13.5 Å². The number of nitrogens with zero attached hydrogens (tertiary/aromatic N) is 1. The molecule has 5 heteroatoms. The van der Waals surface area contributed by atoms with Crippen LogP contribution < -0.4 is 0 Å². The molecule has 0 bridgehead atoms. The van der Waals surface area contributed by atoms with Crippen LogP contribution in [0.4, 0.5) is 0 Å². The van der Waals surface area contributed by atoms with Gasteiger partial charge in [0.05, 0.1) is 11.9 Å². The third-order valence-corrected chi connectivity index (χ3v) is 5.63. The van der Waals surface area contributed by atoms with E-state index in [-0.39, 0.29) is 11.5 Å². The molecule has 0 heterocycles. The maximum Gasteiger partial charge on any atom is 0.151 e. The first kappa shape index (κ1) is 16.9. The average molecular weight is 291 g/mol. The highest BCUT2D eigenvalue weighted by molar-refractivity contribution is 7.91. The predicted molar refractivity (Wildman–Crippen MR) is 79.1 cm³/mol. The summed E-state index contributed by atoms with van der Waals surface area (Å²) in [5, 5.41) is 9.60. The van der Waals surface area contributed by atoms with Gasteiger partial charge in [-0.3, -0.25) is 4.90 Å². The van der Waals surface area contributed by atoms with E-state index < -0.39 is 15.9 Å². The van der Waals surface area contributed by atoms with E-state index in [2.05, 4.69) is 4.90 Å².